The standard InChI is InChI=1S/C15H21N5O5S2/c1-15(2,3)11(21)9-8(6-26-14-16-17-18-19(14)4)7-27(23,24)13-10(25-5)12(22)20(9)13/h10,13H,6-7H2,1-5H3/t10-,13+/m0/s1. The Morgan fingerprint density at radius 1 is 1.37 bits per heavy atom. The summed E-state index contributed by atoms with van der Waals surface area (Å²) in [6, 6.07) is 0. The third-order valence-electron chi connectivity index (χ3n) is 4.42. The number of sulfone groups is 1. The summed E-state index contributed by atoms with van der Waals surface area (Å²) in [5.74, 6) is -0.923. The number of aromatic nitrogens is 4. The van der Waals surface area contributed by atoms with E-state index >= 15 is 0 Å². The van der Waals surface area contributed by atoms with Gasteiger partial charge in [-0.25, -0.2) is 13.1 Å². The third-order valence-corrected chi connectivity index (χ3v) is 7.46. The van der Waals surface area contributed by atoms with Crippen molar-refractivity contribution in [3.8, 4) is 0 Å². The molecule has 3 rings (SSSR count). The smallest absolute Gasteiger partial charge is 0.260 e. The van der Waals surface area contributed by atoms with Crippen LogP contribution in [0.2, 0.25) is 0 Å². The van der Waals surface area contributed by atoms with E-state index in [1.165, 1.54) is 23.6 Å². The van der Waals surface area contributed by atoms with Crippen molar-refractivity contribution < 1.29 is 22.7 Å². The normalized spacial score (nSPS) is 24.6. The van der Waals surface area contributed by atoms with Crippen LogP contribution in [0.1, 0.15) is 20.8 Å². The molecule has 0 unspecified atom stereocenters. The molecule has 0 aliphatic carbocycles. The molecule has 1 amide bonds. The predicted octanol–water partition coefficient (Wildman–Crippen LogP) is -0.217. The van der Waals surface area contributed by atoms with Crippen LogP contribution in [0.3, 0.4) is 0 Å². The molecule has 2 aliphatic heterocycles. The van der Waals surface area contributed by atoms with Gasteiger partial charge in [-0.3, -0.25) is 14.5 Å². The number of ether oxygens (including phenoxy) is 1. The number of allylic oxidation sites excluding steroid dienone is 1. The predicted molar refractivity (Wildman–Crippen MR) is 96.2 cm³/mol. The zero-order valence-corrected chi connectivity index (χ0v) is 17.3. The van der Waals surface area contributed by atoms with Crippen LogP contribution in [-0.2, 0) is 31.2 Å². The lowest BCUT2D eigenvalue weighted by Crippen LogP contribution is -2.71. The number of fused-ring (bicyclic) bond motifs is 1. The Morgan fingerprint density at radius 2 is 2.04 bits per heavy atom. The topological polar surface area (TPSA) is 124 Å². The zero-order valence-electron chi connectivity index (χ0n) is 15.7. The van der Waals surface area contributed by atoms with Gasteiger partial charge in [0.15, 0.2) is 27.1 Å². The van der Waals surface area contributed by atoms with Crippen molar-refractivity contribution in [3.63, 3.8) is 0 Å². The SMILES string of the molecule is CO[C@H]1C(=O)N2C(C(=O)C(C)(C)C)=C(CSc3nnnn3C)CS(=O)(=O)[C@H]12. The van der Waals surface area contributed by atoms with Gasteiger partial charge in [-0.2, -0.15) is 0 Å². The molecule has 148 valence electrons. The van der Waals surface area contributed by atoms with Gasteiger partial charge in [0.05, 0.1) is 11.4 Å². The molecule has 0 saturated carbocycles. The molecule has 3 heterocycles. The number of aryl methyl sites for hydroxylation is 1. The largest absolute Gasteiger partial charge is 0.368 e. The van der Waals surface area contributed by atoms with E-state index in [4.69, 9.17) is 4.74 Å². The fourth-order valence-electron chi connectivity index (χ4n) is 3.04. The van der Waals surface area contributed by atoms with Crippen molar-refractivity contribution >= 4 is 33.3 Å². The number of carbonyl (C=O) groups excluding carboxylic acids is 2. The summed E-state index contributed by atoms with van der Waals surface area (Å²) in [6.45, 7) is 5.20. The molecule has 0 spiro atoms. The summed E-state index contributed by atoms with van der Waals surface area (Å²) >= 11 is 1.21. The molecule has 2 atom stereocenters. The van der Waals surface area contributed by atoms with E-state index in [0.29, 0.717) is 10.7 Å². The van der Waals surface area contributed by atoms with Crippen LogP contribution in [0.5, 0.6) is 0 Å². The highest BCUT2D eigenvalue weighted by molar-refractivity contribution is 7.99. The molecule has 1 fully saturated rings. The Kier molecular flexibility index (Phi) is 4.93. The zero-order chi connectivity index (χ0) is 20.1. The summed E-state index contributed by atoms with van der Waals surface area (Å²) in [5, 5.41) is 10.4. The first-order chi connectivity index (χ1) is 12.5. The number of hydrogen-bond acceptors (Lipinski definition) is 9. The van der Waals surface area contributed by atoms with E-state index in [0.717, 1.165) is 4.90 Å². The highest BCUT2D eigenvalue weighted by atomic mass is 32.2. The van der Waals surface area contributed by atoms with Crippen molar-refractivity contribution in [2.45, 2.75) is 37.4 Å². The number of hydrogen-bond donors (Lipinski definition) is 0. The van der Waals surface area contributed by atoms with E-state index in [-0.39, 0.29) is 23.0 Å². The highest BCUT2D eigenvalue weighted by Crippen LogP contribution is 2.41. The summed E-state index contributed by atoms with van der Waals surface area (Å²) < 4.78 is 32.0. The van der Waals surface area contributed by atoms with Crippen molar-refractivity contribution in [2.75, 3.05) is 18.6 Å². The second-order valence-corrected chi connectivity index (χ2v) is 10.5. The van der Waals surface area contributed by atoms with E-state index in [9.17, 15) is 18.0 Å². The summed E-state index contributed by atoms with van der Waals surface area (Å²) in [4.78, 5) is 26.6. The number of carbonyl (C=O) groups is 2. The van der Waals surface area contributed by atoms with Crippen LogP contribution in [-0.4, -0.2) is 75.3 Å². The van der Waals surface area contributed by atoms with Crippen LogP contribution >= 0.6 is 11.8 Å². The minimum absolute atomic E-state index is 0.156. The van der Waals surface area contributed by atoms with Gasteiger partial charge < -0.3 is 4.74 Å². The second-order valence-electron chi connectivity index (χ2n) is 7.47. The van der Waals surface area contributed by atoms with Gasteiger partial charge in [0, 0.05) is 25.3 Å². The first-order valence-corrected chi connectivity index (χ1v) is 10.9. The average molecular weight is 415 g/mol. The minimum atomic E-state index is -3.68. The van der Waals surface area contributed by atoms with Crippen LogP contribution in [0.4, 0.5) is 0 Å². The second kappa shape index (κ2) is 6.67. The Balaban J connectivity index is 2.05. The maximum atomic E-state index is 13.1. The molecule has 0 bridgehead atoms. The molecule has 12 heteroatoms. The molecule has 1 saturated heterocycles. The van der Waals surface area contributed by atoms with Gasteiger partial charge in [0.25, 0.3) is 5.91 Å². The number of β-lactam (4-membered cyclic amide) rings is 1. The fraction of sp³-hybridized carbons (Fsp3) is 0.667. The Labute approximate surface area is 161 Å². The van der Waals surface area contributed by atoms with Crippen molar-refractivity contribution in [1.29, 1.82) is 0 Å². The number of methoxy groups -OCH3 is 1. The number of thioether (sulfide) groups is 1. The van der Waals surface area contributed by atoms with Crippen molar-refractivity contribution in [3.05, 3.63) is 11.3 Å². The quantitative estimate of drug-likeness (QED) is 0.474. The number of tetrazole rings is 1. The molecule has 1 aromatic heterocycles. The minimum Gasteiger partial charge on any atom is -0.368 e. The number of nitrogens with zero attached hydrogens (tertiary/aromatic N) is 5. The lowest BCUT2D eigenvalue weighted by atomic mass is 9.86. The first kappa shape index (κ1) is 20.0. The van der Waals surface area contributed by atoms with Gasteiger partial charge in [0.1, 0.15) is 0 Å². The van der Waals surface area contributed by atoms with E-state index < -0.39 is 32.6 Å². The monoisotopic (exact) mass is 415 g/mol. The lowest BCUT2D eigenvalue weighted by molar-refractivity contribution is -0.161. The van der Waals surface area contributed by atoms with Gasteiger partial charge in [0.2, 0.25) is 5.16 Å². The lowest BCUT2D eigenvalue weighted by Gasteiger charge is -2.49. The Morgan fingerprint density at radius 3 is 2.56 bits per heavy atom. The average Bonchev–Trinajstić information content (AvgIpc) is 2.96. The van der Waals surface area contributed by atoms with E-state index in [1.807, 2.05) is 0 Å². The maximum absolute atomic E-state index is 13.1. The van der Waals surface area contributed by atoms with Gasteiger partial charge in [-0.05, 0) is 16.0 Å². The molecule has 2 aliphatic rings. The number of ketones is 1. The molecule has 10 nitrogen and oxygen atoms in total. The van der Waals surface area contributed by atoms with Crippen LogP contribution in [0.15, 0.2) is 16.4 Å². The summed E-state index contributed by atoms with van der Waals surface area (Å²) in [7, 11) is -0.733. The summed E-state index contributed by atoms with van der Waals surface area (Å²) in [6.07, 6.45) is -1.07. The Bertz CT molecular complexity index is 931. The third kappa shape index (κ3) is 3.29. The summed E-state index contributed by atoms with van der Waals surface area (Å²) in [5.41, 5.74) is -0.243. The van der Waals surface area contributed by atoms with Gasteiger partial charge >= 0.3 is 0 Å². The van der Waals surface area contributed by atoms with Crippen LogP contribution in [0.25, 0.3) is 0 Å². The molecule has 0 N–H and O–H groups in total. The molecule has 0 aromatic carbocycles. The fourth-order valence-corrected chi connectivity index (χ4v) is 6.06. The van der Waals surface area contributed by atoms with Crippen LogP contribution in [0, 0.1) is 5.41 Å². The number of rotatable bonds is 5. The molecule has 0 radical (unpaired) electrons. The highest BCUT2D eigenvalue weighted by Gasteiger charge is 2.60. The molecule has 27 heavy (non-hydrogen) atoms. The van der Waals surface area contributed by atoms with Crippen molar-refractivity contribution in [2.24, 2.45) is 12.5 Å². The van der Waals surface area contributed by atoms with Crippen LogP contribution < -0.4 is 0 Å². The Hall–Kier alpha value is -1.79. The van der Waals surface area contributed by atoms with Gasteiger partial charge in [-0.1, -0.05) is 32.5 Å². The molecule has 1 aromatic rings. The molecular formula is C15H21N5O5S2. The van der Waals surface area contributed by atoms with Crippen molar-refractivity contribution in [1.82, 2.24) is 25.1 Å². The maximum Gasteiger partial charge on any atom is 0.260 e. The number of Topliss-reactive ketones (excluding diaryl/α,β-unsaturated/α-hetero) is 1. The van der Waals surface area contributed by atoms with E-state index in [2.05, 4.69) is 15.5 Å². The van der Waals surface area contributed by atoms with Gasteiger partial charge in [-0.15, -0.1) is 5.10 Å². The van der Waals surface area contributed by atoms with E-state index in [1.54, 1.807) is 27.8 Å². The first-order valence-electron chi connectivity index (χ1n) is 8.18. The molecular weight excluding hydrogens is 394 g/mol. The number of amides is 1.